The zero-order chi connectivity index (χ0) is 11.5. The fourth-order valence-electron chi connectivity index (χ4n) is 1.46. The molecule has 0 aromatic carbocycles. The lowest BCUT2D eigenvalue weighted by Crippen LogP contribution is -2.06. The summed E-state index contributed by atoms with van der Waals surface area (Å²) in [4.78, 5) is 12.7. The molecule has 0 aliphatic rings. The molecule has 0 unspecified atom stereocenters. The van der Waals surface area contributed by atoms with E-state index in [1.54, 1.807) is 12.3 Å². The second-order valence-electron chi connectivity index (χ2n) is 3.38. The van der Waals surface area contributed by atoms with E-state index in [0.29, 0.717) is 16.4 Å². The summed E-state index contributed by atoms with van der Waals surface area (Å²) in [6.07, 6.45) is 5.50. The maximum atomic E-state index is 5.67. The Kier molecular flexibility index (Phi) is 3.19. The zero-order valence-corrected chi connectivity index (χ0v) is 10.5. The first kappa shape index (κ1) is 11.1. The average molecular weight is 282 g/mol. The van der Waals surface area contributed by atoms with Gasteiger partial charge in [-0.25, -0.2) is 9.97 Å². The molecule has 0 aliphatic carbocycles. The highest BCUT2D eigenvalue weighted by Gasteiger charge is 2.08. The van der Waals surface area contributed by atoms with Gasteiger partial charge in [0.1, 0.15) is 16.2 Å². The number of nitrogen functional groups attached to an aromatic ring is 1. The van der Waals surface area contributed by atoms with E-state index >= 15 is 0 Å². The second-order valence-corrected chi connectivity index (χ2v) is 4.19. The highest BCUT2D eigenvalue weighted by molar-refractivity contribution is 9.10. The van der Waals surface area contributed by atoms with Crippen LogP contribution in [0.3, 0.4) is 0 Å². The van der Waals surface area contributed by atoms with Crippen LogP contribution in [0.2, 0.25) is 0 Å². The largest absolute Gasteiger partial charge is 0.383 e. The molecule has 0 saturated heterocycles. The predicted octanol–water partition coefficient (Wildman–Crippen LogP) is 1.96. The van der Waals surface area contributed by atoms with Crippen LogP contribution in [-0.4, -0.2) is 19.5 Å². The third-order valence-electron chi connectivity index (χ3n) is 2.11. The normalized spacial score (nSPS) is 10.6. The molecule has 0 atom stereocenters. The number of rotatable bonds is 3. The zero-order valence-electron chi connectivity index (χ0n) is 8.89. The SMILES string of the molecule is CCCc1nccn1-c1nc(N)cc(Br)n1. The van der Waals surface area contributed by atoms with Gasteiger partial charge in [0.05, 0.1) is 0 Å². The lowest BCUT2D eigenvalue weighted by molar-refractivity contribution is 0.781. The smallest absolute Gasteiger partial charge is 0.238 e. The van der Waals surface area contributed by atoms with E-state index in [1.807, 2.05) is 10.8 Å². The van der Waals surface area contributed by atoms with Crippen molar-refractivity contribution in [2.24, 2.45) is 0 Å². The van der Waals surface area contributed by atoms with Crippen molar-refractivity contribution in [3.63, 3.8) is 0 Å². The number of halogens is 1. The van der Waals surface area contributed by atoms with Gasteiger partial charge in [-0.2, -0.15) is 4.98 Å². The van der Waals surface area contributed by atoms with E-state index in [0.717, 1.165) is 18.7 Å². The molecule has 0 saturated carbocycles. The van der Waals surface area contributed by atoms with Gasteiger partial charge in [0, 0.05) is 24.9 Å². The van der Waals surface area contributed by atoms with Gasteiger partial charge in [-0.15, -0.1) is 0 Å². The maximum Gasteiger partial charge on any atom is 0.238 e. The molecule has 2 aromatic rings. The molecule has 0 radical (unpaired) electrons. The number of aromatic nitrogens is 4. The Balaban J connectivity index is 2.45. The average Bonchev–Trinajstić information content (AvgIpc) is 2.65. The van der Waals surface area contributed by atoms with Crippen LogP contribution in [-0.2, 0) is 6.42 Å². The fraction of sp³-hybridized carbons (Fsp3) is 0.300. The summed E-state index contributed by atoms with van der Waals surface area (Å²) >= 11 is 3.30. The molecular weight excluding hydrogens is 270 g/mol. The van der Waals surface area contributed by atoms with Crippen LogP contribution in [0.4, 0.5) is 5.82 Å². The monoisotopic (exact) mass is 281 g/mol. The molecule has 2 rings (SSSR count). The molecular formula is C10H12BrN5. The number of nitrogens with zero attached hydrogens (tertiary/aromatic N) is 4. The molecule has 2 heterocycles. The minimum atomic E-state index is 0.438. The van der Waals surface area contributed by atoms with Gasteiger partial charge in [0.2, 0.25) is 5.95 Å². The summed E-state index contributed by atoms with van der Waals surface area (Å²) in [5.74, 6) is 1.93. The van der Waals surface area contributed by atoms with Crippen molar-refractivity contribution in [1.29, 1.82) is 0 Å². The van der Waals surface area contributed by atoms with Gasteiger partial charge in [0.25, 0.3) is 0 Å². The number of aryl methyl sites for hydroxylation is 1. The number of imidazole rings is 1. The van der Waals surface area contributed by atoms with E-state index in [1.165, 1.54) is 0 Å². The molecule has 0 amide bonds. The molecule has 6 heteroatoms. The summed E-state index contributed by atoms with van der Waals surface area (Å²) in [7, 11) is 0. The van der Waals surface area contributed by atoms with Crippen LogP contribution < -0.4 is 5.73 Å². The summed E-state index contributed by atoms with van der Waals surface area (Å²) in [6, 6.07) is 1.67. The first-order chi connectivity index (χ1) is 7.70. The van der Waals surface area contributed by atoms with Crippen molar-refractivity contribution in [3.8, 4) is 5.95 Å². The Morgan fingerprint density at radius 2 is 2.25 bits per heavy atom. The van der Waals surface area contributed by atoms with Crippen LogP contribution in [0.15, 0.2) is 23.1 Å². The molecule has 0 spiro atoms. The number of hydrogen-bond donors (Lipinski definition) is 1. The van der Waals surface area contributed by atoms with E-state index < -0.39 is 0 Å². The van der Waals surface area contributed by atoms with E-state index in [9.17, 15) is 0 Å². The van der Waals surface area contributed by atoms with Gasteiger partial charge >= 0.3 is 0 Å². The van der Waals surface area contributed by atoms with E-state index in [4.69, 9.17) is 5.73 Å². The van der Waals surface area contributed by atoms with Crippen molar-refractivity contribution < 1.29 is 0 Å². The number of anilines is 1. The molecule has 0 fully saturated rings. The van der Waals surface area contributed by atoms with Gasteiger partial charge < -0.3 is 5.73 Å². The second kappa shape index (κ2) is 4.61. The molecule has 0 aliphatic heterocycles. The van der Waals surface area contributed by atoms with Crippen molar-refractivity contribution >= 4 is 21.7 Å². The third-order valence-corrected chi connectivity index (χ3v) is 2.52. The van der Waals surface area contributed by atoms with Crippen LogP contribution in [0.25, 0.3) is 5.95 Å². The summed E-state index contributed by atoms with van der Waals surface area (Å²) in [5.41, 5.74) is 5.67. The van der Waals surface area contributed by atoms with Crippen molar-refractivity contribution in [2.75, 3.05) is 5.73 Å². The topological polar surface area (TPSA) is 69.6 Å². The van der Waals surface area contributed by atoms with Crippen molar-refractivity contribution in [3.05, 3.63) is 28.9 Å². The molecule has 2 aromatic heterocycles. The minimum absolute atomic E-state index is 0.438. The third kappa shape index (κ3) is 2.21. The van der Waals surface area contributed by atoms with Gasteiger partial charge in [-0.3, -0.25) is 4.57 Å². The first-order valence-electron chi connectivity index (χ1n) is 5.03. The lowest BCUT2D eigenvalue weighted by Gasteiger charge is -2.06. The minimum Gasteiger partial charge on any atom is -0.383 e. The highest BCUT2D eigenvalue weighted by atomic mass is 79.9. The predicted molar refractivity (Wildman–Crippen MR) is 65.3 cm³/mol. The van der Waals surface area contributed by atoms with Crippen LogP contribution >= 0.6 is 15.9 Å². The summed E-state index contributed by atoms with van der Waals surface area (Å²) in [5, 5.41) is 0. The molecule has 5 nitrogen and oxygen atoms in total. The Morgan fingerprint density at radius 1 is 1.44 bits per heavy atom. The standard InChI is InChI=1S/C10H12BrN5/c1-2-3-9-13-4-5-16(9)10-14-7(11)6-8(12)15-10/h4-6H,2-3H2,1H3,(H2,12,14,15). The van der Waals surface area contributed by atoms with E-state index in [-0.39, 0.29) is 0 Å². The Hall–Kier alpha value is -1.43. The first-order valence-corrected chi connectivity index (χ1v) is 5.82. The maximum absolute atomic E-state index is 5.67. The fourth-order valence-corrected chi connectivity index (χ4v) is 1.85. The molecule has 16 heavy (non-hydrogen) atoms. The van der Waals surface area contributed by atoms with E-state index in [2.05, 4.69) is 37.8 Å². The molecule has 84 valence electrons. The molecule has 0 bridgehead atoms. The van der Waals surface area contributed by atoms with Gasteiger partial charge in [-0.05, 0) is 22.4 Å². The van der Waals surface area contributed by atoms with Crippen LogP contribution in [0.1, 0.15) is 19.2 Å². The quantitative estimate of drug-likeness (QED) is 0.874. The Bertz CT molecular complexity index is 473. The van der Waals surface area contributed by atoms with Crippen molar-refractivity contribution in [2.45, 2.75) is 19.8 Å². The molecule has 2 N–H and O–H groups in total. The lowest BCUT2D eigenvalue weighted by atomic mass is 10.3. The Labute approximate surface area is 102 Å². The van der Waals surface area contributed by atoms with Crippen LogP contribution in [0, 0.1) is 0 Å². The number of hydrogen-bond acceptors (Lipinski definition) is 4. The highest BCUT2D eigenvalue weighted by Crippen LogP contribution is 2.14. The van der Waals surface area contributed by atoms with Gasteiger partial charge in [0.15, 0.2) is 0 Å². The summed E-state index contributed by atoms with van der Waals surface area (Å²) < 4.78 is 2.52. The number of nitrogens with two attached hydrogens (primary N) is 1. The van der Waals surface area contributed by atoms with Crippen molar-refractivity contribution in [1.82, 2.24) is 19.5 Å². The van der Waals surface area contributed by atoms with Crippen LogP contribution in [0.5, 0.6) is 0 Å². The Morgan fingerprint density at radius 3 is 2.94 bits per heavy atom. The summed E-state index contributed by atoms with van der Waals surface area (Å²) in [6.45, 7) is 2.11. The van der Waals surface area contributed by atoms with Gasteiger partial charge in [-0.1, -0.05) is 6.92 Å².